The van der Waals surface area contributed by atoms with Crippen LogP contribution in [-0.4, -0.2) is 16.6 Å². The van der Waals surface area contributed by atoms with Crippen molar-refractivity contribution >= 4 is 5.97 Å². The molecule has 0 rings (SSSR count). The monoisotopic (exact) mass is 157 g/mol. The van der Waals surface area contributed by atoms with Gasteiger partial charge in [0, 0.05) is 5.54 Å². The molecule has 0 heterocycles. The summed E-state index contributed by atoms with van der Waals surface area (Å²) in [5.41, 5.74) is 4.95. The lowest BCUT2D eigenvalue weighted by Gasteiger charge is -2.24. The number of rotatable bonds is 3. The number of carbonyl (C=O) groups is 1. The molecule has 3 nitrogen and oxygen atoms in total. The maximum absolute atomic E-state index is 10.5. The van der Waals surface area contributed by atoms with Gasteiger partial charge in [-0.05, 0) is 20.8 Å². The molecule has 0 radical (unpaired) electrons. The first kappa shape index (κ1) is 10.2. The van der Waals surface area contributed by atoms with Gasteiger partial charge in [-0.25, -0.2) is 0 Å². The molecule has 0 spiro atoms. The Bertz CT molecular complexity index is 173. The first-order chi connectivity index (χ1) is 4.91. The van der Waals surface area contributed by atoms with E-state index in [1.165, 1.54) is 0 Å². The first-order valence-electron chi connectivity index (χ1n) is 3.57. The molecule has 3 heteroatoms. The fourth-order valence-electron chi connectivity index (χ4n) is 0.770. The van der Waals surface area contributed by atoms with Gasteiger partial charge < -0.3 is 10.8 Å². The smallest absolute Gasteiger partial charge is 0.308 e. The molecule has 0 aliphatic heterocycles. The van der Waals surface area contributed by atoms with Gasteiger partial charge >= 0.3 is 5.97 Å². The minimum atomic E-state index is -0.867. The normalized spacial score (nSPS) is 19.6. The molecular weight excluding hydrogens is 142 g/mol. The molecule has 0 fully saturated rings. The third kappa shape index (κ3) is 2.72. The Labute approximate surface area is 66.9 Å². The highest BCUT2D eigenvalue weighted by molar-refractivity contribution is 5.71. The topological polar surface area (TPSA) is 63.3 Å². The lowest BCUT2D eigenvalue weighted by atomic mass is 9.88. The van der Waals surface area contributed by atoms with Gasteiger partial charge in [0.25, 0.3) is 0 Å². The van der Waals surface area contributed by atoms with Gasteiger partial charge in [0.05, 0.1) is 5.92 Å². The van der Waals surface area contributed by atoms with Gasteiger partial charge in [-0.2, -0.15) is 0 Å². The average Bonchev–Trinajstić information content (AvgIpc) is 1.86. The van der Waals surface area contributed by atoms with Crippen LogP contribution in [0, 0.1) is 5.92 Å². The average molecular weight is 157 g/mol. The fourth-order valence-corrected chi connectivity index (χ4v) is 0.770. The summed E-state index contributed by atoms with van der Waals surface area (Å²) < 4.78 is 0. The van der Waals surface area contributed by atoms with E-state index in [4.69, 9.17) is 10.8 Å². The molecule has 2 unspecified atom stereocenters. The predicted molar refractivity (Wildman–Crippen MR) is 44.2 cm³/mol. The van der Waals surface area contributed by atoms with E-state index in [2.05, 4.69) is 0 Å². The van der Waals surface area contributed by atoms with E-state index in [0.717, 1.165) is 0 Å². The molecule has 0 aliphatic carbocycles. The van der Waals surface area contributed by atoms with Crippen LogP contribution < -0.4 is 5.73 Å². The highest BCUT2D eigenvalue weighted by Gasteiger charge is 2.28. The summed E-state index contributed by atoms with van der Waals surface area (Å²) in [6.07, 6.45) is 3.46. The van der Waals surface area contributed by atoms with Crippen LogP contribution in [0.3, 0.4) is 0 Å². The molecule has 0 aromatic carbocycles. The number of carboxylic acids is 1. The summed E-state index contributed by atoms with van der Waals surface area (Å²) >= 11 is 0. The molecule has 0 aromatic rings. The Hall–Kier alpha value is -0.830. The Balaban J connectivity index is 4.41. The summed E-state index contributed by atoms with van der Waals surface area (Å²) in [5.74, 6) is -1.42. The van der Waals surface area contributed by atoms with E-state index in [9.17, 15) is 4.79 Å². The Morgan fingerprint density at radius 1 is 1.73 bits per heavy atom. The van der Waals surface area contributed by atoms with Crippen LogP contribution in [0.1, 0.15) is 20.8 Å². The van der Waals surface area contributed by atoms with Crippen molar-refractivity contribution in [2.75, 3.05) is 0 Å². The van der Waals surface area contributed by atoms with E-state index in [-0.39, 0.29) is 0 Å². The number of aliphatic carboxylic acids is 1. The van der Waals surface area contributed by atoms with Crippen molar-refractivity contribution in [2.45, 2.75) is 26.3 Å². The second-order valence-corrected chi connectivity index (χ2v) is 2.93. The minimum absolute atomic E-state index is 0.557. The largest absolute Gasteiger partial charge is 0.481 e. The second kappa shape index (κ2) is 3.53. The quantitative estimate of drug-likeness (QED) is 0.601. The highest BCUT2D eigenvalue weighted by atomic mass is 16.4. The molecule has 0 aliphatic rings. The standard InChI is InChI=1S/C8H15NO2/c1-4-5-8(3,9)6(2)7(10)11/h4-6H,9H2,1-3H3,(H,10,11)/b5-4+. The lowest BCUT2D eigenvalue weighted by Crippen LogP contribution is -2.44. The van der Waals surface area contributed by atoms with E-state index in [1.54, 1.807) is 26.0 Å². The van der Waals surface area contributed by atoms with Crippen molar-refractivity contribution in [3.63, 3.8) is 0 Å². The van der Waals surface area contributed by atoms with E-state index in [1.807, 2.05) is 6.92 Å². The number of nitrogens with two attached hydrogens (primary N) is 1. The fraction of sp³-hybridized carbons (Fsp3) is 0.625. The maximum Gasteiger partial charge on any atom is 0.308 e. The highest BCUT2D eigenvalue weighted by Crippen LogP contribution is 2.15. The van der Waals surface area contributed by atoms with Gasteiger partial charge in [-0.3, -0.25) is 4.79 Å². The summed E-state index contributed by atoms with van der Waals surface area (Å²) in [6, 6.07) is 0. The van der Waals surface area contributed by atoms with Crippen molar-refractivity contribution in [3.8, 4) is 0 Å². The summed E-state index contributed by atoms with van der Waals surface area (Å²) in [7, 11) is 0. The number of allylic oxidation sites excluding steroid dienone is 1. The maximum atomic E-state index is 10.5. The lowest BCUT2D eigenvalue weighted by molar-refractivity contribution is -0.142. The third-order valence-electron chi connectivity index (χ3n) is 1.83. The first-order valence-corrected chi connectivity index (χ1v) is 3.57. The van der Waals surface area contributed by atoms with Crippen molar-refractivity contribution < 1.29 is 9.90 Å². The van der Waals surface area contributed by atoms with Gasteiger partial charge in [0.2, 0.25) is 0 Å². The van der Waals surface area contributed by atoms with E-state index in [0.29, 0.717) is 0 Å². The molecular formula is C8H15NO2. The van der Waals surface area contributed by atoms with Crippen molar-refractivity contribution in [1.29, 1.82) is 0 Å². The van der Waals surface area contributed by atoms with E-state index >= 15 is 0 Å². The minimum Gasteiger partial charge on any atom is -0.481 e. The zero-order valence-electron chi connectivity index (χ0n) is 7.16. The van der Waals surface area contributed by atoms with Crippen LogP contribution in [0.2, 0.25) is 0 Å². The summed E-state index contributed by atoms with van der Waals surface area (Å²) in [5, 5.41) is 8.63. The zero-order chi connectivity index (χ0) is 9.07. The summed E-state index contributed by atoms with van der Waals surface area (Å²) in [4.78, 5) is 10.5. The van der Waals surface area contributed by atoms with Crippen molar-refractivity contribution in [2.24, 2.45) is 11.7 Å². The Morgan fingerprint density at radius 3 is 2.45 bits per heavy atom. The SMILES string of the molecule is C/C=C/C(C)(N)C(C)C(=O)O. The van der Waals surface area contributed by atoms with Crippen molar-refractivity contribution in [1.82, 2.24) is 0 Å². The van der Waals surface area contributed by atoms with Crippen LogP contribution in [0.15, 0.2) is 12.2 Å². The van der Waals surface area contributed by atoms with Gasteiger partial charge in [0.1, 0.15) is 0 Å². The van der Waals surface area contributed by atoms with Crippen LogP contribution in [0.25, 0.3) is 0 Å². The predicted octanol–water partition coefficient (Wildman–Crippen LogP) is 1.00. The van der Waals surface area contributed by atoms with Crippen molar-refractivity contribution in [3.05, 3.63) is 12.2 Å². The molecule has 0 saturated heterocycles. The van der Waals surface area contributed by atoms with Gasteiger partial charge in [-0.15, -0.1) is 0 Å². The van der Waals surface area contributed by atoms with Crippen LogP contribution >= 0.6 is 0 Å². The van der Waals surface area contributed by atoms with Crippen LogP contribution in [0.4, 0.5) is 0 Å². The third-order valence-corrected chi connectivity index (χ3v) is 1.83. The number of hydrogen-bond acceptors (Lipinski definition) is 2. The van der Waals surface area contributed by atoms with Gasteiger partial charge in [-0.1, -0.05) is 12.2 Å². The molecule has 0 bridgehead atoms. The second-order valence-electron chi connectivity index (χ2n) is 2.93. The summed E-state index contributed by atoms with van der Waals surface area (Å²) in [6.45, 7) is 5.12. The molecule has 2 atom stereocenters. The molecule has 0 saturated carbocycles. The molecule has 3 N–H and O–H groups in total. The van der Waals surface area contributed by atoms with Crippen LogP contribution in [0.5, 0.6) is 0 Å². The number of carboxylic acid groups (broad SMARTS) is 1. The molecule has 0 amide bonds. The zero-order valence-corrected chi connectivity index (χ0v) is 7.16. The number of hydrogen-bond donors (Lipinski definition) is 2. The Morgan fingerprint density at radius 2 is 2.18 bits per heavy atom. The Kier molecular flexibility index (Phi) is 3.26. The molecule has 64 valence electrons. The van der Waals surface area contributed by atoms with Gasteiger partial charge in [0.15, 0.2) is 0 Å². The molecule has 11 heavy (non-hydrogen) atoms. The van der Waals surface area contributed by atoms with Crippen LogP contribution in [-0.2, 0) is 4.79 Å². The molecule has 0 aromatic heterocycles. The van der Waals surface area contributed by atoms with E-state index < -0.39 is 17.4 Å².